The summed E-state index contributed by atoms with van der Waals surface area (Å²) in [6.45, 7) is 1.67. The molecule has 0 aliphatic heterocycles. The van der Waals surface area contributed by atoms with Gasteiger partial charge in [0, 0.05) is 17.7 Å². The number of anilines is 1. The van der Waals surface area contributed by atoms with Crippen LogP contribution in [0.1, 0.15) is 44.4 Å². The Morgan fingerprint density at radius 2 is 1.24 bits per heavy atom. The van der Waals surface area contributed by atoms with Crippen molar-refractivity contribution < 1.29 is 43.3 Å². The number of amides is 3. The fraction of sp³-hybridized carbons (Fsp3) is 0.143. The highest BCUT2D eigenvalue weighted by atomic mass is 35.5. The molecule has 0 saturated carbocycles. The average molecular weight is 616 g/mol. The molecule has 0 saturated heterocycles. The highest BCUT2D eigenvalue weighted by molar-refractivity contribution is 6.34. The number of hydrazine groups is 1. The van der Waals surface area contributed by atoms with E-state index in [4.69, 9.17) is 32.7 Å². The third kappa shape index (κ3) is 8.29. The van der Waals surface area contributed by atoms with Crippen molar-refractivity contribution in [1.82, 2.24) is 10.9 Å². The van der Waals surface area contributed by atoms with Crippen molar-refractivity contribution in [3.8, 4) is 0 Å². The molecular formula is C28H23Cl2N3O9. The molecule has 0 radical (unpaired) electrons. The number of ether oxygens (including phenoxy) is 2. The molecule has 218 valence electrons. The van der Waals surface area contributed by atoms with Gasteiger partial charge in [0.25, 0.3) is 11.8 Å². The number of carboxylic acid groups (broad SMARTS) is 1. The van der Waals surface area contributed by atoms with Crippen molar-refractivity contribution in [3.63, 3.8) is 0 Å². The Balaban J connectivity index is 1.82. The number of hydrogen-bond acceptors (Lipinski definition) is 8. The Kier molecular flexibility index (Phi) is 11.0. The molecule has 12 nitrogen and oxygen atoms in total. The van der Waals surface area contributed by atoms with Crippen molar-refractivity contribution in [2.24, 2.45) is 0 Å². The highest BCUT2D eigenvalue weighted by Gasteiger charge is 2.41. The first kappa shape index (κ1) is 31.6. The summed E-state index contributed by atoms with van der Waals surface area (Å²) in [5, 5.41) is 12.3. The summed E-state index contributed by atoms with van der Waals surface area (Å²) >= 11 is 12.0. The van der Waals surface area contributed by atoms with Gasteiger partial charge < -0.3 is 19.9 Å². The zero-order valence-electron chi connectivity index (χ0n) is 21.8. The van der Waals surface area contributed by atoms with E-state index in [9.17, 15) is 33.9 Å². The lowest BCUT2D eigenvalue weighted by Crippen LogP contribution is -2.54. The van der Waals surface area contributed by atoms with Crippen molar-refractivity contribution >= 4 is 64.5 Å². The molecule has 0 fully saturated rings. The Labute approximate surface area is 248 Å². The topological polar surface area (TPSA) is 177 Å². The largest absolute Gasteiger partial charge is 0.478 e. The Hall–Kier alpha value is -4.94. The molecule has 0 aliphatic carbocycles. The molecule has 2 atom stereocenters. The molecule has 0 aromatic heterocycles. The van der Waals surface area contributed by atoms with Gasteiger partial charge in [0.1, 0.15) is 0 Å². The summed E-state index contributed by atoms with van der Waals surface area (Å²) in [6.07, 6.45) is -4.43. The van der Waals surface area contributed by atoms with E-state index in [1.807, 2.05) is 5.43 Å². The lowest BCUT2D eigenvalue weighted by Gasteiger charge is -2.24. The molecule has 42 heavy (non-hydrogen) atoms. The van der Waals surface area contributed by atoms with Crippen LogP contribution < -0.4 is 16.2 Å². The molecule has 3 rings (SSSR count). The maximum absolute atomic E-state index is 13.1. The summed E-state index contributed by atoms with van der Waals surface area (Å²) in [4.78, 5) is 75.0. The SMILES string of the molecule is CCC(=O)Nc1ccc(C(=O)NNC(=O)[C@@H](OC(=O)c2ccccc2Cl)[C@H](OC(=O)c2ccccc2Cl)C(=O)O)cc1. The first-order valence-corrected chi connectivity index (χ1v) is 12.9. The van der Waals surface area contributed by atoms with E-state index in [2.05, 4.69) is 10.7 Å². The van der Waals surface area contributed by atoms with Crippen LogP contribution in [0.5, 0.6) is 0 Å². The van der Waals surface area contributed by atoms with Crippen molar-refractivity contribution in [3.05, 3.63) is 99.5 Å². The van der Waals surface area contributed by atoms with Gasteiger partial charge in [-0.2, -0.15) is 0 Å². The third-order valence-electron chi connectivity index (χ3n) is 5.48. The minimum absolute atomic E-state index is 0.0503. The number of benzene rings is 3. The number of nitrogens with one attached hydrogen (secondary N) is 3. The number of esters is 2. The Morgan fingerprint density at radius 1 is 0.738 bits per heavy atom. The Bertz CT molecular complexity index is 1510. The van der Waals surface area contributed by atoms with Crippen LogP contribution in [-0.4, -0.2) is 52.9 Å². The minimum Gasteiger partial charge on any atom is -0.478 e. The summed E-state index contributed by atoms with van der Waals surface area (Å²) in [5.41, 5.74) is 4.09. The van der Waals surface area contributed by atoms with Gasteiger partial charge in [-0.15, -0.1) is 0 Å². The number of carbonyl (C=O) groups is 6. The van der Waals surface area contributed by atoms with Crippen molar-refractivity contribution in [2.75, 3.05) is 5.32 Å². The number of rotatable bonds is 10. The standard InChI is InChI=1S/C28H23Cl2N3O9/c1-2-21(34)31-16-13-11-15(12-14-16)24(35)32-33-25(36)22(41-27(39)17-7-3-5-9-19(17)29)23(26(37)38)42-28(40)18-8-4-6-10-20(18)30/h3-14,22-23H,2H2,1H3,(H,31,34)(H,32,35)(H,33,36)(H,37,38)/t22-,23-/m0/s1. The van der Waals surface area contributed by atoms with Crippen molar-refractivity contribution in [1.29, 1.82) is 0 Å². The second kappa shape index (κ2) is 14.6. The van der Waals surface area contributed by atoms with E-state index < -0.39 is 41.9 Å². The molecule has 0 unspecified atom stereocenters. The van der Waals surface area contributed by atoms with Crippen LogP contribution in [-0.2, 0) is 23.9 Å². The van der Waals surface area contributed by atoms with Crippen LogP contribution in [0.15, 0.2) is 72.8 Å². The van der Waals surface area contributed by atoms with Crippen LogP contribution in [0.2, 0.25) is 10.0 Å². The first-order valence-electron chi connectivity index (χ1n) is 12.2. The van der Waals surface area contributed by atoms with Gasteiger partial charge in [-0.1, -0.05) is 54.4 Å². The van der Waals surface area contributed by atoms with Crippen LogP contribution in [0.3, 0.4) is 0 Å². The lowest BCUT2D eigenvalue weighted by molar-refractivity contribution is -0.159. The third-order valence-corrected chi connectivity index (χ3v) is 6.14. The van der Waals surface area contributed by atoms with Gasteiger partial charge in [-0.25, -0.2) is 14.4 Å². The Morgan fingerprint density at radius 3 is 1.71 bits per heavy atom. The summed E-state index contributed by atoms with van der Waals surface area (Å²) in [6, 6.07) is 16.8. The van der Waals surface area contributed by atoms with E-state index in [1.165, 1.54) is 72.8 Å². The van der Waals surface area contributed by atoms with E-state index in [1.54, 1.807) is 6.92 Å². The molecule has 3 aromatic carbocycles. The lowest BCUT2D eigenvalue weighted by atomic mass is 10.1. The molecule has 3 aromatic rings. The number of carbonyl (C=O) groups excluding carboxylic acids is 5. The predicted octanol–water partition coefficient (Wildman–Crippen LogP) is 3.64. The second-order valence-corrected chi connectivity index (χ2v) is 9.19. The van der Waals surface area contributed by atoms with Gasteiger partial charge in [0.2, 0.25) is 18.1 Å². The summed E-state index contributed by atoms with van der Waals surface area (Å²) in [5.74, 6) is -6.71. The minimum atomic E-state index is -2.38. The fourth-order valence-electron chi connectivity index (χ4n) is 3.32. The van der Waals surface area contributed by atoms with Gasteiger partial charge in [-0.3, -0.25) is 25.2 Å². The molecule has 0 bridgehead atoms. The van der Waals surface area contributed by atoms with Gasteiger partial charge in [0.15, 0.2) is 0 Å². The van der Waals surface area contributed by atoms with Crippen LogP contribution in [0, 0.1) is 0 Å². The maximum atomic E-state index is 13.1. The predicted molar refractivity (Wildman–Crippen MR) is 150 cm³/mol. The van der Waals surface area contributed by atoms with Gasteiger partial charge in [-0.05, 0) is 48.5 Å². The molecular weight excluding hydrogens is 593 g/mol. The highest BCUT2D eigenvalue weighted by Crippen LogP contribution is 2.21. The number of hydrogen-bond donors (Lipinski definition) is 4. The monoisotopic (exact) mass is 615 g/mol. The molecule has 4 N–H and O–H groups in total. The maximum Gasteiger partial charge on any atom is 0.349 e. The van der Waals surface area contributed by atoms with Crippen LogP contribution >= 0.6 is 23.2 Å². The van der Waals surface area contributed by atoms with Crippen LogP contribution in [0.25, 0.3) is 0 Å². The zero-order chi connectivity index (χ0) is 30.8. The smallest absolute Gasteiger partial charge is 0.349 e. The fourth-order valence-corrected chi connectivity index (χ4v) is 3.75. The van der Waals surface area contributed by atoms with Gasteiger partial charge in [0.05, 0.1) is 21.2 Å². The van der Waals surface area contributed by atoms with Crippen LogP contribution in [0.4, 0.5) is 5.69 Å². The van der Waals surface area contributed by atoms with E-state index in [-0.39, 0.29) is 39.1 Å². The molecule has 3 amide bonds. The molecule has 14 heteroatoms. The second-order valence-electron chi connectivity index (χ2n) is 8.37. The normalized spacial score (nSPS) is 11.8. The quantitative estimate of drug-likeness (QED) is 0.196. The van der Waals surface area contributed by atoms with E-state index in [0.717, 1.165) is 0 Å². The average Bonchev–Trinajstić information content (AvgIpc) is 2.97. The first-order chi connectivity index (χ1) is 20.0. The summed E-state index contributed by atoms with van der Waals surface area (Å²) < 4.78 is 10.2. The van der Waals surface area contributed by atoms with Gasteiger partial charge >= 0.3 is 17.9 Å². The number of halogens is 2. The van der Waals surface area contributed by atoms with E-state index in [0.29, 0.717) is 5.69 Å². The summed E-state index contributed by atoms with van der Waals surface area (Å²) in [7, 11) is 0. The zero-order valence-corrected chi connectivity index (χ0v) is 23.3. The number of aliphatic carboxylic acids is 1. The molecule has 0 spiro atoms. The molecule has 0 heterocycles. The van der Waals surface area contributed by atoms with E-state index >= 15 is 0 Å². The van der Waals surface area contributed by atoms with Crippen molar-refractivity contribution in [2.45, 2.75) is 25.6 Å². The molecule has 0 aliphatic rings. The number of carboxylic acids is 1.